The van der Waals surface area contributed by atoms with Gasteiger partial charge >= 0.3 is 0 Å². The lowest BCUT2D eigenvalue weighted by Gasteiger charge is -2.40. The van der Waals surface area contributed by atoms with E-state index < -0.39 is 0 Å². The number of hydrogen-bond donors (Lipinski definition) is 1. The fourth-order valence-corrected chi connectivity index (χ4v) is 2.56. The van der Waals surface area contributed by atoms with E-state index in [1.165, 1.54) is 6.42 Å². The summed E-state index contributed by atoms with van der Waals surface area (Å²) in [7, 11) is 0. The molecule has 0 aromatic heterocycles. The highest BCUT2D eigenvalue weighted by Gasteiger charge is 2.37. The molecule has 1 fully saturated rings. The van der Waals surface area contributed by atoms with Crippen molar-refractivity contribution < 1.29 is 4.74 Å². The minimum atomic E-state index is -0.0972. The van der Waals surface area contributed by atoms with Crippen LogP contribution in [0.15, 0.2) is 0 Å². The van der Waals surface area contributed by atoms with Crippen LogP contribution in [0, 0.1) is 0 Å². The normalized spacial score (nSPS) is 27.9. The Hall–Kier alpha value is 0.270. The third-order valence-electron chi connectivity index (χ3n) is 2.94. The zero-order valence-corrected chi connectivity index (χ0v) is 9.81. The Morgan fingerprint density at radius 3 is 2.46 bits per heavy atom. The maximum absolute atomic E-state index is 5.68. The van der Waals surface area contributed by atoms with E-state index in [0.29, 0.717) is 6.10 Å². The number of nitrogens with zero attached hydrogens (tertiary/aromatic N) is 1. The molecule has 0 aromatic carbocycles. The molecule has 3 heteroatoms. The summed E-state index contributed by atoms with van der Waals surface area (Å²) in [6, 6.07) is 0. The van der Waals surface area contributed by atoms with Crippen molar-refractivity contribution in [2.24, 2.45) is 0 Å². The Kier molecular flexibility index (Phi) is 4.07. The average Bonchev–Trinajstić information content (AvgIpc) is 2.58. The van der Waals surface area contributed by atoms with Crippen LogP contribution < -0.4 is 0 Å². The quantitative estimate of drug-likeness (QED) is 0.555. The lowest BCUT2D eigenvalue weighted by Crippen LogP contribution is -2.50. The maximum Gasteiger partial charge on any atom is 0.0877 e. The highest BCUT2D eigenvalue weighted by molar-refractivity contribution is 7.81. The number of rotatable bonds is 4. The zero-order chi connectivity index (χ0) is 9.90. The summed E-state index contributed by atoms with van der Waals surface area (Å²) in [4.78, 5) is 2.26. The van der Waals surface area contributed by atoms with Crippen LogP contribution in [0.25, 0.3) is 0 Å². The van der Waals surface area contributed by atoms with Crippen LogP contribution in [0.5, 0.6) is 0 Å². The van der Waals surface area contributed by atoms with Crippen LogP contribution in [-0.2, 0) is 4.74 Å². The van der Waals surface area contributed by atoms with Gasteiger partial charge in [-0.2, -0.15) is 12.6 Å². The van der Waals surface area contributed by atoms with Crippen LogP contribution >= 0.6 is 12.6 Å². The third-order valence-corrected chi connectivity index (χ3v) is 3.51. The van der Waals surface area contributed by atoms with E-state index in [2.05, 4.69) is 25.7 Å². The molecule has 0 saturated carbocycles. The molecule has 1 aliphatic rings. The highest BCUT2D eigenvalue weighted by atomic mass is 32.1. The Morgan fingerprint density at radius 1 is 1.46 bits per heavy atom. The van der Waals surface area contributed by atoms with Crippen molar-refractivity contribution in [3.63, 3.8) is 0 Å². The van der Waals surface area contributed by atoms with Gasteiger partial charge in [-0.3, -0.25) is 4.90 Å². The highest BCUT2D eigenvalue weighted by Crippen LogP contribution is 2.32. The maximum atomic E-state index is 5.68. The minimum Gasteiger partial charge on any atom is -0.375 e. The van der Waals surface area contributed by atoms with Crippen molar-refractivity contribution in [3.05, 3.63) is 0 Å². The number of thiol groups is 1. The molecule has 0 aromatic rings. The molecule has 0 amide bonds. The van der Waals surface area contributed by atoms with Gasteiger partial charge in [0, 0.05) is 6.61 Å². The summed E-state index contributed by atoms with van der Waals surface area (Å²) in [5, 5.41) is 0. The molecule has 2 unspecified atom stereocenters. The van der Waals surface area contributed by atoms with E-state index in [1.54, 1.807) is 0 Å². The standard InChI is InChI=1S/C10H21NOS/c1-4-11(5-2)10(3,13)9-7-6-8-12-9/h9,13H,4-8H2,1-3H3. The van der Waals surface area contributed by atoms with Crippen LogP contribution in [0.2, 0.25) is 0 Å². The Labute approximate surface area is 87.0 Å². The first-order valence-corrected chi connectivity index (χ1v) is 5.66. The fraction of sp³-hybridized carbons (Fsp3) is 1.00. The summed E-state index contributed by atoms with van der Waals surface area (Å²) in [6.45, 7) is 9.49. The second-order valence-corrected chi connectivity index (χ2v) is 4.67. The first-order valence-electron chi connectivity index (χ1n) is 5.22. The molecule has 0 radical (unpaired) electrons. The molecule has 1 heterocycles. The smallest absolute Gasteiger partial charge is 0.0877 e. The third kappa shape index (κ3) is 2.39. The van der Waals surface area contributed by atoms with Gasteiger partial charge in [0.15, 0.2) is 0 Å². The summed E-state index contributed by atoms with van der Waals surface area (Å²) in [5.74, 6) is 0. The Bertz CT molecular complexity index is 147. The van der Waals surface area contributed by atoms with Crippen LogP contribution in [0.3, 0.4) is 0 Å². The molecular weight excluding hydrogens is 182 g/mol. The van der Waals surface area contributed by atoms with Gasteiger partial charge in [-0.05, 0) is 32.9 Å². The molecular formula is C10H21NOS. The monoisotopic (exact) mass is 203 g/mol. The van der Waals surface area contributed by atoms with E-state index in [1.807, 2.05) is 0 Å². The van der Waals surface area contributed by atoms with Gasteiger partial charge in [0.25, 0.3) is 0 Å². The molecule has 1 rings (SSSR count). The number of likely N-dealkylation sites (N-methyl/N-ethyl adjacent to an activating group) is 1. The largest absolute Gasteiger partial charge is 0.375 e. The second kappa shape index (κ2) is 4.67. The zero-order valence-electron chi connectivity index (χ0n) is 8.92. The molecule has 0 aliphatic carbocycles. The average molecular weight is 203 g/mol. The minimum absolute atomic E-state index is 0.0972. The van der Waals surface area contributed by atoms with Crippen molar-refractivity contribution >= 4 is 12.6 Å². The first kappa shape index (κ1) is 11.3. The Morgan fingerprint density at radius 2 is 2.08 bits per heavy atom. The lowest BCUT2D eigenvalue weighted by atomic mass is 10.1. The second-order valence-electron chi connectivity index (χ2n) is 3.77. The SMILES string of the molecule is CCN(CC)C(C)(S)C1CCCO1. The van der Waals surface area contributed by atoms with E-state index >= 15 is 0 Å². The number of ether oxygens (including phenoxy) is 1. The first-order chi connectivity index (χ1) is 6.12. The number of hydrogen-bond acceptors (Lipinski definition) is 3. The molecule has 0 bridgehead atoms. The predicted octanol–water partition coefficient (Wildman–Crippen LogP) is 2.15. The van der Waals surface area contributed by atoms with E-state index in [4.69, 9.17) is 17.4 Å². The van der Waals surface area contributed by atoms with Gasteiger partial charge in [-0.25, -0.2) is 0 Å². The molecule has 13 heavy (non-hydrogen) atoms. The van der Waals surface area contributed by atoms with E-state index in [9.17, 15) is 0 Å². The van der Waals surface area contributed by atoms with Crippen LogP contribution in [-0.4, -0.2) is 35.6 Å². The molecule has 0 N–H and O–H groups in total. The lowest BCUT2D eigenvalue weighted by molar-refractivity contribution is 0.0188. The summed E-state index contributed by atoms with van der Waals surface area (Å²) in [5.41, 5.74) is 0. The van der Waals surface area contributed by atoms with Gasteiger partial charge in [-0.15, -0.1) is 0 Å². The molecule has 2 nitrogen and oxygen atoms in total. The van der Waals surface area contributed by atoms with E-state index in [0.717, 1.165) is 26.1 Å². The van der Waals surface area contributed by atoms with E-state index in [-0.39, 0.29) is 4.87 Å². The van der Waals surface area contributed by atoms with Crippen molar-refractivity contribution in [3.8, 4) is 0 Å². The van der Waals surface area contributed by atoms with Crippen molar-refractivity contribution in [1.29, 1.82) is 0 Å². The molecule has 2 atom stereocenters. The molecule has 78 valence electrons. The summed E-state index contributed by atoms with van der Waals surface area (Å²) in [6.07, 6.45) is 2.63. The van der Waals surface area contributed by atoms with Crippen molar-refractivity contribution in [2.45, 2.75) is 44.6 Å². The topological polar surface area (TPSA) is 12.5 Å². The van der Waals surface area contributed by atoms with Crippen LogP contribution in [0.4, 0.5) is 0 Å². The van der Waals surface area contributed by atoms with Crippen molar-refractivity contribution in [1.82, 2.24) is 4.90 Å². The van der Waals surface area contributed by atoms with Gasteiger partial charge in [-0.1, -0.05) is 13.8 Å². The predicted molar refractivity (Wildman–Crippen MR) is 59.3 cm³/mol. The Balaban J connectivity index is 2.60. The molecule has 0 spiro atoms. The summed E-state index contributed by atoms with van der Waals surface area (Å²) >= 11 is 4.74. The molecule has 1 aliphatic heterocycles. The van der Waals surface area contributed by atoms with Gasteiger partial charge in [0.1, 0.15) is 0 Å². The molecule has 1 saturated heterocycles. The fourth-order valence-electron chi connectivity index (χ4n) is 2.08. The van der Waals surface area contributed by atoms with Crippen molar-refractivity contribution in [2.75, 3.05) is 19.7 Å². The van der Waals surface area contributed by atoms with Gasteiger partial charge in [0.05, 0.1) is 11.0 Å². The van der Waals surface area contributed by atoms with Crippen LogP contribution in [0.1, 0.15) is 33.6 Å². The van der Waals surface area contributed by atoms with Gasteiger partial charge in [0.2, 0.25) is 0 Å². The summed E-state index contributed by atoms with van der Waals surface area (Å²) < 4.78 is 5.68. The van der Waals surface area contributed by atoms with Gasteiger partial charge < -0.3 is 4.74 Å².